The van der Waals surface area contributed by atoms with Crippen LogP contribution in [0.3, 0.4) is 0 Å². The Balaban J connectivity index is 1.78. The highest BCUT2D eigenvalue weighted by molar-refractivity contribution is 6.30. The fourth-order valence-corrected chi connectivity index (χ4v) is 4.50. The number of piperidine rings is 1. The van der Waals surface area contributed by atoms with Gasteiger partial charge in [0, 0.05) is 29.1 Å². The first-order valence-electron chi connectivity index (χ1n) is 11.0. The SMILES string of the molecule is C[C@@H](O)[C@@H](NC(=O)c1cccc(C(=O)O)c1)C(=O)N1CC[C@](O)(c2ccc(Cl)cc2)C(C)(C)C1. The first-order chi connectivity index (χ1) is 15.9. The molecule has 3 atom stereocenters. The smallest absolute Gasteiger partial charge is 0.335 e. The Labute approximate surface area is 203 Å². The van der Waals surface area contributed by atoms with E-state index in [4.69, 9.17) is 16.7 Å². The normalized spacial score (nSPS) is 21.4. The summed E-state index contributed by atoms with van der Waals surface area (Å²) in [6.07, 6.45) is -0.937. The van der Waals surface area contributed by atoms with Crippen LogP contribution in [0.15, 0.2) is 48.5 Å². The summed E-state index contributed by atoms with van der Waals surface area (Å²) < 4.78 is 0. The summed E-state index contributed by atoms with van der Waals surface area (Å²) in [6, 6.07) is 11.1. The summed E-state index contributed by atoms with van der Waals surface area (Å²) in [4.78, 5) is 38.8. The molecule has 1 fully saturated rings. The van der Waals surface area contributed by atoms with Gasteiger partial charge < -0.3 is 25.5 Å². The van der Waals surface area contributed by atoms with E-state index in [2.05, 4.69) is 5.32 Å². The lowest BCUT2D eigenvalue weighted by Crippen LogP contribution is -2.61. The fourth-order valence-electron chi connectivity index (χ4n) is 4.37. The molecule has 0 spiro atoms. The Morgan fingerprint density at radius 1 is 1.09 bits per heavy atom. The van der Waals surface area contributed by atoms with E-state index in [0.29, 0.717) is 10.6 Å². The molecule has 0 saturated carbocycles. The fraction of sp³-hybridized carbons (Fsp3) is 0.400. The first-order valence-corrected chi connectivity index (χ1v) is 11.3. The topological polar surface area (TPSA) is 127 Å². The number of nitrogens with one attached hydrogen (secondary N) is 1. The quantitative estimate of drug-likeness (QED) is 0.495. The zero-order chi connectivity index (χ0) is 25.3. The third-order valence-electron chi connectivity index (χ3n) is 6.49. The predicted octanol–water partition coefficient (Wildman–Crippen LogP) is 2.66. The number of hydrogen-bond donors (Lipinski definition) is 4. The molecule has 0 aliphatic carbocycles. The molecule has 182 valence electrons. The van der Waals surface area contributed by atoms with Crippen molar-refractivity contribution in [3.8, 4) is 0 Å². The van der Waals surface area contributed by atoms with Crippen LogP contribution >= 0.6 is 11.6 Å². The molecule has 9 heteroatoms. The van der Waals surface area contributed by atoms with E-state index >= 15 is 0 Å². The van der Waals surface area contributed by atoms with Gasteiger partial charge in [-0.3, -0.25) is 9.59 Å². The maximum atomic E-state index is 13.3. The number of nitrogens with zero attached hydrogens (tertiary/aromatic N) is 1. The van der Waals surface area contributed by atoms with Crippen LogP contribution in [0.1, 0.15) is 53.5 Å². The van der Waals surface area contributed by atoms with Crippen LogP contribution in [0, 0.1) is 5.41 Å². The maximum Gasteiger partial charge on any atom is 0.335 e. The highest BCUT2D eigenvalue weighted by Gasteiger charge is 2.50. The number of carboxylic acids is 1. The summed E-state index contributed by atoms with van der Waals surface area (Å²) >= 11 is 5.98. The molecular weight excluding hydrogens is 460 g/mol. The van der Waals surface area contributed by atoms with Crippen LogP contribution in [0.25, 0.3) is 0 Å². The number of benzene rings is 2. The van der Waals surface area contributed by atoms with Crippen LogP contribution in [-0.2, 0) is 10.4 Å². The van der Waals surface area contributed by atoms with Gasteiger partial charge >= 0.3 is 5.97 Å². The minimum absolute atomic E-state index is 0.0631. The van der Waals surface area contributed by atoms with Crippen molar-refractivity contribution in [2.24, 2.45) is 5.41 Å². The Morgan fingerprint density at radius 3 is 2.26 bits per heavy atom. The number of halogens is 1. The van der Waals surface area contributed by atoms with E-state index in [9.17, 15) is 24.6 Å². The van der Waals surface area contributed by atoms with Gasteiger partial charge in [-0.15, -0.1) is 0 Å². The molecule has 1 heterocycles. The molecule has 0 aromatic heterocycles. The number of carboxylic acid groups (broad SMARTS) is 1. The molecule has 0 radical (unpaired) electrons. The van der Waals surface area contributed by atoms with E-state index in [0.717, 1.165) is 0 Å². The van der Waals surface area contributed by atoms with Crippen molar-refractivity contribution in [3.63, 3.8) is 0 Å². The summed E-state index contributed by atoms with van der Waals surface area (Å²) in [5, 5.41) is 34.0. The molecule has 0 bridgehead atoms. The van der Waals surface area contributed by atoms with Gasteiger partial charge in [-0.1, -0.05) is 43.6 Å². The average molecular weight is 489 g/mol. The number of aliphatic hydroxyl groups excluding tert-OH is 1. The largest absolute Gasteiger partial charge is 0.478 e. The standard InChI is InChI=1S/C25H29ClN2O6/c1-15(29)20(27-21(30)16-5-4-6-17(13-16)23(32)33)22(31)28-12-11-25(34,24(2,3)14-28)18-7-9-19(26)10-8-18/h4-10,13,15,20,29,34H,11-12,14H2,1-3H3,(H,27,30)(H,32,33)/t15-,20-,25+/m1/s1. The van der Waals surface area contributed by atoms with E-state index in [1.807, 2.05) is 13.8 Å². The molecule has 2 amide bonds. The van der Waals surface area contributed by atoms with Crippen molar-refractivity contribution in [2.45, 2.75) is 44.9 Å². The van der Waals surface area contributed by atoms with E-state index in [1.165, 1.54) is 36.1 Å². The Morgan fingerprint density at radius 2 is 1.71 bits per heavy atom. The molecule has 2 aromatic carbocycles. The molecule has 0 unspecified atom stereocenters. The number of amides is 2. The van der Waals surface area contributed by atoms with Gasteiger partial charge in [-0.2, -0.15) is 0 Å². The molecule has 34 heavy (non-hydrogen) atoms. The number of rotatable bonds is 6. The number of carbonyl (C=O) groups excluding carboxylic acids is 2. The van der Waals surface area contributed by atoms with Crippen LogP contribution in [0.2, 0.25) is 5.02 Å². The van der Waals surface area contributed by atoms with Gasteiger partial charge in [0.1, 0.15) is 6.04 Å². The summed E-state index contributed by atoms with van der Waals surface area (Å²) in [5.41, 5.74) is -1.23. The summed E-state index contributed by atoms with van der Waals surface area (Å²) in [5.74, 6) is -2.33. The van der Waals surface area contributed by atoms with Crippen LogP contribution < -0.4 is 5.32 Å². The molecule has 4 N–H and O–H groups in total. The molecule has 1 saturated heterocycles. The highest BCUT2D eigenvalue weighted by Crippen LogP contribution is 2.46. The third kappa shape index (κ3) is 5.09. The first kappa shape index (κ1) is 25.7. The highest BCUT2D eigenvalue weighted by atomic mass is 35.5. The number of aromatic carboxylic acids is 1. The van der Waals surface area contributed by atoms with Gasteiger partial charge in [-0.25, -0.2) is 4.79 Å². The number of likely N-dealkylation sites (tertiary alicyclic amines) is 1. The van der Waals surface area contributed by atoms with Gasteiger partial charge in [-0.05, 0) is 49.2 Å². The molecule has 1 aliphatic rings. The lowest BCUT2D eigenvalue weighted by atomic mass is 9.66. The van der Waals surface area contributed by atoms with Crippen molar-refractivity contribution in [3.05, 3.63) is 70.2 Å². The predicted molar refractivity (Wildman–Crippen MR) is 127 cm³/mol. The second kappa shape index (κ2) is 9.74. The summed E-state index contributed by atoms with van der Waals surface area (Å²) in [6.45, 7) is 5.52. The molecular formula is C25H29ClN2O6. The second-order valence-electron chi connectivity index (χ2n) is 9.34. The van der Waals surface area contributed by atoms with Crippen molar-refractivity contribution >= 4 is 29.4 Å². The van der Waals surface area contributed by atoms with E-state index in [-0.39, 0.29) is 30.6 Å². The average Bonchev–Trinajstić information content (AvgIpc) is 2.78. The van der Waals surface area contributed by atoms with Crippen molar-refractivity contribution < 1.29 is 29.7 Å². The molecule has 8 nitrogen and oxygen atoms in total. The van der Waals surface area contributed by atoms with Crippen molar-refractivity contribution in [1.29, 1.82) is 0 Å². The van der Waals surface area contributed by atoms with Gasteiger partial charge in [0.2, 0.25) is 5.91 Å². The molecule has 2 aromatic rings. The van der Waals surface area contributed by atoms with E-state index < -0.39 is 40.9 Å². The number of aliphatic hydroxyl groups is 2. The zero-order valence-electron chi connectivity index (χ0n) is 19.3. The van der Waals surface area contributed by atoms with Crippen LogP contribution in [0.4, 0.5) is 0 Å². The maximum absolute atomic E-state index is 13.3. The monoisotopic (exact) mass is 488 g/mol. The molecule has 3 rings (SSSR count). The van der Waals surface area contributed by atoms with Gasteiger partial charge in [0.25, 0.3) is 5.91 Å². The van der Waals surface area contributed by atoms with Crippen LogP contribution in [0.5, 0.6) is 0 Å². The summed E-state index contributed by atoms with van der Waals surface area (Å²) in [7, 11) is 0. The Kier molecular flexibility index (Phi) is 7.35. The second-order valence-corrected chi connectivity index (χ2v) is 9.77. The van der Waals surface area contributed by atoms with Crippen LogP contribution in [-0.4, -0.2) is 63.2 Å². The van der Waals surface area contributed by atoms with E-state index in [1.54, 1.807) is 24.3 Å². The Bertz CT molecular complexity index is 1090. The van der Waals surface area contributed by atoms with Gasteiger partial charge in [0.15, 0.2) is 0 Å². The van der Waals surface area contributed by atoms with Crippen molar-refractivity contribution in [2.75, 3.05) is 13.1 Å². The number of carbonyl (C=O) groups is 3. The lowest BCUT2D eigenvalue weighted by Gasteiger charge is -2.51. The molecule has 1 aliphatic heterocycles. The third-order valence-corrected chi connectivity index (χ3v) is 6.74. The minimum atomic E-state index is -1.24. The zero-order valence-corrected chi connectivity index (χ0v) is 20.0. The minimum Gasteiger partial charge on any atom is -0.478 e. The van der Waals surface area contributed by atoms with Crippen molar-refractivity contribution in [1.82, 2.24) is 10.2 Å². The van der Waals surface area contributed by atoms with Gasteiger partial charge in [0.05, 0.1) is 17.3 Å². The Hall–Kier alpha value is -2.94. The number of hydrogen-bond acceptors (Lipinski definition) is 5. The lowest BCUT2D eigenvalue weighted by molar-refractivity contribution is -0.156.